The predicted octanol–water partition coefficient (Wildman–Crippen LogP) is 0.472. The van der Waals surface area contributed by atoms with Crippen molar-refractivity contribution < 1.29 is 4.79 Å². The van der Waals surface area contributed by atoms with Crippen molar-refractivity contribution in [2.75, 3.05) is 0 Å². The first-order valence-corrected chi connectivity index (χ1v) is 2.74. The van der Waals surface area contributed by atoms with E-state index < -0.39 is 0 Å². The maximum Gasteiger partial charge on any atom is 0.149 e. The van der Waals surface area contributed by atoms with Crippen LogP contribution in [0, 0.1) is 0 Å². The van der Waals surface area contributed by atoms with Gasteiger partial charge >= 0.3 is 0 Å². The lowest BCUT2D eigenvalue weighted by atomic mass is 10.4. The van der Waals surface area contributed by atoms with Crippen molar-refractivity contribution in [3.63, 3.8) is 0 Å². The van der Waals surface area contributed by atoms with Crippen molar-refractivity contribution in [1.82, 2.24) is 9.55 Å². The number of carbonyl (C=O) groups is 1. The SMILES string of the molecule is CC(=O)Cn1ccnc1. The van der Waals surface area contributed by atoms with Crippen molar-refractivity contribution in [2.45, 2.75) is 13.5 Å². The van der Waals surface area contributed by atoms with Crippen LogP contribution >= 0.6 is 0 Å². The highest BCUT2D eigenvalue weighted by atomic mass is 16.1. The lowest BCUT2D eigenvalue weighted by Gasteiger charge is -1.93. The molecule has 0 saturated heterocycles. The Hall–Kier alpha value is -1.12. The summed E-state index contributed by atoms with van der Waals surface area (Å²) in [7, 11) is 0. The van der Waals surface area contributed by atoms with Gasteiger partial charge in [0.05, 0.1) is 12.9 Å². The molecule has 0 radical (unpaired) electrons. The lowest BCUT2D eigenvalue weighted by Crippen LogP contribution is -2.02. The van der Waals surface area contributed by atoms with Crippen molar-refractivity contribution >= 4 is 5.78 Å². The molecule has 0 aromatic carbocycles. The van der Waals surface area contributed by atoms with E-state index in [2.05, 4.69) is 4.98 Å². The third kappa shape index (κ3) is 1.68. The minimum absolute atomic E-state index is 0.146. The summed E-state index contributed by atoms with van der Waals surface area (Å²) in [6, 6.07) is 0. The molecule has 0 aliphatic carbocycles. The van der Waals surface area contributed by atoms with E-state index in [1.165, 1.54) is 0 Å². The molecule has 1 rings (SSSR count). The van der Waals surface area contributed by atoms with Crippen LogP contribution in [0.15, 0.2) is 18.7 Å². The van der Waals surface area contributed by atoms with Crippen LogP contribution in [0.2, 0.25) is 0 Å². The Bertz CT molecular complexity index is 191. The monoisotopic (exact) mass is 124 g/mol. The first-order chi connectivity index (χ1) is 4.29. The first kappa shape index (κ1) is 6.01. The van der Waals surface area contributed by atoms with Gasteiger partial charge in [0.2, 0.25) is 0 Å². The van der Waals surface area contributed by atoms with Crippen molar-refractivity contribution in [2.24, 2.45) is 0 Å². The molecule has 0 aliphatic heterocycles. The van der Waals surface area contributed by atoms with Crippen molar-refractivity contribution in [3.8, 4) is 0 Å². The van der Waals surface area contributed by atoms with Crippen LogP contribution in [-0.2, 0) is 11.3 Å². The number of hydrogen-bond acceptors (Lipinski definition) is 2. The number of rotatable bonds is 2. The van der Waals surface area contributed by atoms with Crippen LogP contribution in [-0.4, -0.2) is 15.3 Å². The fraction of sp³-hybridized carbons (Fsp3) is 0.333. The summed E-state index contributed by atoms with van der Waals surface area (Å²) in [6.45, 7) is 1.99. The number of imidazole rings is 1. The van der Waals surface area contributed by atoms with Gasteiger partial charge in [-0.25, -0.2) is 4.98 Å². The molecule has 1 aromatic rings. The zero-order chi connectivity index (χ0) is 6.69. The highest BCUT2D eigenvalue weighted by Crippen LogP contribution is 1.84. The molecule has 0 amide bonds. The number of aromatic nitrogens is 2. The van der Waals surface area contributed by atoms with E-state index in [4.69, 9.17) is 0 Å². The molecular weight excluding hydrogens is 116 g/mol. The Labute approximate surface area is 53.3 Å². The van der Waals surface area contributed by atoms with E-state index in [1.54, 1.807) is 30.2 Å². The lowest BCUT2D eigenvalue weighted by molar-refractivity contribution is -0.117. The molecule has 0 spiro atoms. The first-order valence-electron chi connectivity index (χ1n) is 2.74. The normalized spacial score (nSPS) is 9.44. The molecule has 0 fully saturated rings. The summed E-state index contributed by atoms with van der Waals surface area (Å²) in [4.78, 5) is 14.2. The second-order valence-corrected chi connectivity index (χ2v) is 1.94. The quantitative estimate of drug-likeness (QED) is 0.574. The van der Waals surface area contributed by atoms with Gasteiger partial charge < -0.3 is 4.57 Å². The second-order valence-electron chi connectivity index (χ2n) is 1.94. The summed E-state index contributed by atoms with van der Waals surface area (Å²) in [5.74, 6) is 0.146. The summed E-state index contributed by atoms with van der Waals surface area (Å²) < 4.78 is 1.74. The molecule has 9 heavy (non-hydrogen) atoms. The number of Topliss-reactive ketones (excluding diaryl/α,β-unsaturated/α-hetero) is 1. The van der Waals surface area contributed by atoms with Crippen LogP contribution in [0.25, 0.3) is 0 Å². The number of carbonyl (C=O) groups excluding carboxylic acids is 1. The maximum atomic E-state index is 10.5. The van der Waals surface area contributed by atoms with Crippen LogP contribution in [0.3, 0.4) is 0 Å². The highest BCUT2D eigenvalue weighted by Gasteiger charge is 1.91. The molecule has 0 atom stereocenters. The van der Waals surface area contributed by atoms with Gasteiger partial charge in [-0.05, 0) is 6.92 Å². The van der Waals surface area contributed by atoms with E-state index in [0.717, 1.165) is 0 Å². The van der Waals surface area contributed by atoms with Gasteiger partial charge in [0.25, 0.3) is 0 Å². The fourth-order valence-electron chi connectivity index (χ4n) is 0.637. The molecule has 3 nitrogen and oxygen atoms in total. The van der Waals surface area contributed by atoms with Crippen LogP contribution < -0.4 is 0 Å². The second kappa shape index (κ2) is 2.44. The molecule has 1 heterocycles. The number of nitrogens with zero attached hydrogens (tertiary/aromatic N) is 2. The Morgan fingerprint density at radius 3 is 3.00 bits per heavy atom. The van der Waals surface area contributed by atoms with E-state index in [9.17, 15) is 4.79 Å². The Morgan fingerprint density at radius 1 is 1.78 bits per heavy atom. The largest absolute Gasteiger partial charge is 0.330 e. The molecule has 0 saturated carbocycles. The van der Waals surface area contributed by atoms with Gasteiger partial charge in [-0.1, -0.05) is 0 Å². The molecular formula is C6H8N2O. The number of ketones is 1. The third-order valence-corrected chi connectivity index (χ3v) is 0.964. The van der Waals surface area contributed by atoms with Crippen molar-refractivity contribution in [1.29, 1.82) is 0 Å². The van der Waals surface area contributed by atoms with Crippen LogP contribution in [0.4, 0.5) is 0 Å². The average molecular weight is 124 g/mol. The fourth-order valence-corrected chi connectivity index (χ4v) is 0.637. The van der Waals surface area contributed by atoms with Gasteiger partial charge in [-0.15, -0.1) is 0 Å². The zero-order valence-corrected chi connectivity index (χ0v) is 5.24. The zero-order valence-electron chi connectivity index (χ0n) is 5.24. The molecule has 0 aliphatic rings. The summed E-state index contributed by atoms with van der Waals surface area (Å²) in [5, 5.41) is 0. The Morgan fingerprint density at radius 2 is 2.56 bits per heavy atom. The summed E-state index contributed by atoms with van der Waals surface area (Å²) in [6.07, 6.45) is 5.05. The smallest absolute Gasteiger partial charge is 0.149 e. The van der Waals surface area contributed by atoms with E-state index in [0.29, 0.717) is 6.54 Å². The molecule has 0 unspecified atom stereocenters. The molecule has 3 heteroatoms. The Kier molecular flexibility index (Phi) is 1.63. The maximum absolute atomic E-state index is 10.5. The molecule has 0 N–H and O–H groups in total. The molecule has 0 bridgehead atoms. The van der Waals surface area contributed by atoms with Crippen LogP contribution in [0.1, 0.15) is 6.92 Å². The average Bonchev–Trinajstić information content (AvgIpc) is 2.15. The van der Waals surface area contributed by atoms with E-state index in [1.807, 2.05) is 0 Å². The van der Waals surface area contributed by atoms with Crippen molar-refractivity contribution in [3.05, 3.63) is 18.7 Å². The van der Waals surface area contributed by atoms with Gasteiger partial charge in [0.1, 0.15) is 5.78 Å². The molecule has 48 valence electrons. The summed E-state index contributed by atoms with van der Waals surface area (Å²) in [5.41, 5.74) is 0. The topological polar surface area (TPSA) is 34.9 Å². The van der Waals surface area contributed by atoms with Crippen LogP contribution in [0.5, 0.6) is 0 Å². The molecule has 1 aromatic heterocycles. The van der Waals surface area contributed by atoms with Gasteiger partial charge in [0, 0.05) is 12.4 Å². The van der Waals surface area contributed by atoms with Gasteiger partial charge in [-0.2, -0.15) is 0 Å². The van der Waals surface area contributed by atoms with Gasteiger partial charge in [-0.3, -0.25) is 4.79 Å². The minimum Gasteiger partial charge on any atom is -0.330 e. The number of hydrogen-bond donors (Lipinski definition) is 0. The Balaban J connectivity index is 2.58. The van der Waals surface area contributed by atoms with E-state index >= 15 is 0 Å². The third-order valence-electron chi connectivity index (χ3n) is 0.964. The summed E-state index contributed by atoms with van der Waals surface area (Å²) >= 11 is 0. The van der Waals surface area contributed by atoms with Gasteiger partial charge in [0.15, 0.2) is 0 Å². The standard InChI is InChI=1S/C6H8N2O/c1-6(9)4-8-3-2-7-5-8/h2-3,5H,4H2,1H3. The van der Waals surface area contributed by atoms with E-state index in [-0.39, 0.29) is 5.78 Å². The predicted molar refractivity (Wildman–Crippen MR) is 32.9 cm³/mol. The highest BCUT2D eigenvalue weighted by molar-refractivity contribution is 5.75. The minimum atomic E-state index is 0.146.